The molecule has 2 N–H and O–H groups in total. The molecule has 2 aliphatic rings. The Labute approximate surface area is 298 Å². The van der Waals surface area contributed by atoms with Gasteiger partial charge in [-0.25, -0.2) is 9.97 Å². The lowest BCUT2D eigenvalue weighted by atomic mass is 9.88. The van der Waals surface area contributed by atoms with E-state index in [2.05, 4.69) is 48.9 Å². The highest BCUT2D eigenvalue weighted by molar-refractivity contribution is 6.32. The number of hydrogen-bond acceptors (Lipinski definition) is 5. The Morgan fingerprint density at radius 1 is 0.780 bits per heavy atom. The molecule has 0 aliphatic carbocycles. The summed E-state index contributed by atoms with van der Waals surface area (Å²) in [6.45, 7) is 3.26. The van der Waals surface area contributed by atoms with E-state index < -0.39 is 0 Å². The van der Waals surface area contributed by atoms with Crippen LogP contribution in [0, 0.1) is 0 Å². The van der Waals surface area contributed by atoms with Crippen LogP contribution in [0.5, 0.6) is 0 Å². The van der Waals surface area contributed by atoms with Gasteiger partial charge in [0.2, 0.25) is 0 Å². The molecule has 4 aromatic carbocycles. The van der Waals surface area contributed by atoms with Crippen LogP contribution in [0.3, 0.4) is 0 Å². The SMILES string of the molecule is O=C(Nc1cccnc1N1CCN(c2ccccc2)CC1)c1[nH]c2cc(Cl)cc3c2c1-c1c(-c2ccccc2)ncn1[C@@H]3c1ccc(Cl)cc1. The fourth-order valence-electron chi connectivity index (χ4n) is 7.44. The summed E-state index contributed by atoms with van der Waals surface area (Å²) >= 11 is 13.1. The second-order valence-corrected chi connectivity index (χ2v) is 13.5. The van der Waals surface area contributed by atoms with Crippen LogP contribution >= 0.6 is 23.2 Å². The summed E-state index contributed by atoms with van der Waals surface area (Å²) < 4.78 is 2.14. The molecule has 0 saturated carbocycles. The molecule has 0 radical (unpaired) electrons. The summed E-state index contributed by atoms with van der Waals surface area (Å²) in [5.41, 5.74) is 8.46. The second kappa shape index (κ2) is 12.4. The minimum Gasteiger partial charge on any atom is -0.368 e. The van der Waals surface area contributed by atoms with Gasteiger partial charge in [0.15, 0.2) is 5.82 Å². The third-order valence-corrected chi connectivity index (χ3v) is 10.2. The maximum Gasteiger partial charge on any atom is 0.272 e. The van der Waals surface area contributed by atoms with Crippen molar-refractivity contribution < 1.29 is 4.79 Å². The van der Waals surface area contributed by atoms with Crippen LogP contribution in [0.1, 0.15) is 27.7 Å². The fraction of sp³-hybridized carbons (Fsp3) is 0.125. The largest absolute Gasteiger partial charge is 0.368 e. The van der Waals surface area contributed by atoms with Crippen LogP contribution in [0.4, 0.5) is 17.2 Å². The smallest absolute Gasteiger partial charge is 0.272 e. The number of amides is 1. The normalized spacial score (nSPS) is 15.3. The number of piperazine rings is 1. The van der Waals surface area contributed by atoms with Crippen molar-refractivity contribution in [1.82, 2.24) is 19.5 Å². The monoisotopic (exact) mass is 695 g/mol. The quantitative estimate of drug-likeness (QED) is 0.182. The molecule has 8 nitrogen and oxygen atoms in total. The Kier molecular flexibility index (Phi) is 7.56. The number of aromatic nitrogens is 4. The Morgan fingerprint density at radius 2 is 1.50 bits per heavy atom. The Hall–Kier alpha value is -5.57. The van der Waals surface area contributed by atoms with Crippen molar-refractivity contribution in [3.63, 3.8) is 0 Å². The number of nitrogens with zero attached hydrogens (tertiary/aromatic N) is 5. The van der Waals surface area contributed by atoms with Gasteiger partial charge in [0, 0.05) is 70.1 Å². The molecule has 10 heteroatoms. The van der Waals surface area contributed by atoms with Crippen molar-refractivity contribution >= 4 is 57.2 Å². The first-order valence-electron chi connectivity index (χ1n) is 16.6. The Balaban J connectivity index is 1.14. The highest BCUT2D eigenvalue weighted by Gasteiger charge is 2.36. The number of nitrogens with one attached hydrogen (secondary N) is 2. The third kappa shape index (κ3) is 5.19. The predicted octanol–water partition coefficient (Wildman–Crippen LogP) is 8.93. The van der Waals surface area contributed by atoms with Crippen molar-refractivity contribution in [2.45, 2.75) is 6.04 Å². The zero-order valence-electron chi connectivity index (χ0n) is 26.9. The molecule has 246 valence electrons. The first-order valence-corrected chi connectivity index (χ1v) is 17.3. The minimum absolute atomic E-state index is 0.243. The summed E-state index contributed by atoms with van der Waals surface area (Å²) in [7, 11) is 0. The highest BCUT2D eigenvalue weighted by atomic mass is 35.5. The molecule has 7 aromatic rings. The highest BCUT2D eigenvalue weighted by Crippen LogP contribution is 2.50. The number of halogens is 2. The third-order valence-electron chi connectivity index (χ3n) is 9.69. The number of benzene rings is 4. The Morgan fingerprint density at radius 3 is 2.26 bits per heavy atom. The van der Waals surface area contributed by atoms with Crippen LogP contribution in [0.2, 0.25) is 10.0 Å². The summed E-state index contributed by atoms with van der Waals surface area (Å²) in [6, 6.07) is 35.8. The summed E-state index contributed by atoms with van der Waals surface area (Å²) in [6.07, 6.45) is 3.63. The van der Waals surface area contributed by atoms with Gasteiger partial charge in [0.1, 0.15) is 5.69 Å². The lowest BCUT2D eigenvalue weighted by Gasteiger charge is -2.37. The van der Waals surface area contributed by atoms with E-state index in [9.17, 15) is 4.79 Å². The topological polar surface area (TPSA) is 82.1 Å². The van der Waals surface area contributed by atoms with Gasteiger partial charge in [-0.05, 0) is 59.7 Å². The van der Waals surface area contributed by atoms with Crippen molar-refractivity contribution in [1.29, 1.82) is 0 Å². The summed E-state index contributed by atoms with van der Waals surface area (Å²) in [5, 5.41) is 5.39. The molecule has 0 unspecified atom stereocenters. The number of H-pyrrole nitrogens is 1. The van der Waals surface area contributed by atoms with Gasteiger partial charge in [-0.15, -0.1) is 0 Å². The van der Waals surface area contributed by atoms with E-state index in [-0.39, 0.29) is 11.9 Å². The molecule has 2 aliphatic heterocycles. The average molecular weight is 697 g/mol. The van der Waals surface area contributed by atoms with Crippen LogP contribution < -0.4 is 15.1 Å². The van der Waals surface area contributed by atoms with Gasteiger partial charge >= 0.3 is 0 Å². The summed E-state index contributed by atoms with van der Waals surface area (Å²) in [5.74, 6) is 0.479. The van der Waals surface area contributed by atoms with E-state index in [1.165, 1.54) is 5.69 Å². The van der Waals surface area contributed by atoms with Gasteiger partial charge in [-0.1, -0.05) is 83.9 Å². The number of aromatic amines is 1. The number of pyridine rings is 1. The van der Waals surface area contributed by atoms with E-state index >= 15 is 0 Å². The van der Waals surface area contributed by atoms with E-state index in [0.29, 0.717) is 21.4 Å². The molecule has 1 saturated heterocycles. The van der Waals surface area contributed by atoms with Crippen molar-refractivity contribution in [2.75, 3.05) is 41.3 Å². The van der Waals surface area contributed by atoms with E-state index in [0.717, 1.165) is 76.5 Å². The van der Waals surface area contributed by atoms with Gasteiger partial charge < -0.3 is 24.7 Å². The van der Waals surface area contributed by atoms with Crippen molar-refractivity contribution in [3.8, 4) is 22.5 Å². The van der Waals surface area contributed by atoms with Gasteiger partial charge in [-0.2, -0.15) is 0 Å². The van der Waals surface area contributed by atoms with Crippen molar-refractivity contribution in [3.05, 3.63) is 149 Å². The minimum atomic E-state index is -0.271. The lowest BCUT2D eigenvalue weighted by molar-refractivity contribution is 0.102. The number of rotatable bonds is 6. The second-order valence-electron chi connectivity index (χ2n) is 12.6. The van der Waals surface area contributed by atoms with Crippen LogP contribution in [0.25, 0.3) is 33.4 Å². The maximum atomic E-state index is 14.6. The van der Waals surface area contributed by atoms with Gasteiger partial charge in [0.05, 0.1) is 29.4 Å². The van der Waals surface area contributed by atoms with Crippen molar-refractivity contribution in [2.24, 2.45) is 0 Å². The zero-order valence-corrected chi connectivity index (χ0v) is 28.4. The van der Waals surface area contributed by atoms with E-state index in [1.54, 1.807) is 6.20 Å². The van der Waals surface area contributed by atoms with Crippen LogP contribution in [0.15, 0.2) is 122 Å². The number of hydrogen-bond donors (Lipinski definition) is 2. The Bertz CT molecular complexity index is 2360. The van der Waals surface area contributed by atoms with E-state index in [4.69, 9.17) is 33.2 Å². The molecule has 1 fully saturated rings. The number of para-hydroxylation sites is 1. The van der Waals surface area contributed by atoms with Crippen LogP contribution in [-0.2, 0) is 0 Å². The number of carbonyl (C=O) groups is 1. The number of fused-ring (bicyclic) bond motifs is 2. The fourth-order valence-corrected chi connectivity index (χ4v) is 7.80. The molecular weight excluding hydrogens is 665 g/mol. The molecular formula is C40H31Cl2N7O. The molecule has 3 aromatic heterocycles. The lowest BCUT2D eigenvalue weighted by Crippen LogP contribution is -2.47. The number of anilines is 3. The molecule has 0 bridgehead atoms. The molecule has 9 rings (SSSR count). The molecule has 1 atom stereocenters. The van der Waals surface area contributed by atoms with Gasteiger partial charge in [0.25, 0.3) is 5.91 Å². The van der Waals surface area contributed by atoms with E-state index in [1.807, 2.05) is 91.3 Å². The predicted molar refractivity (Wildman–Crippen MR) is 202 cm³/mol. The molecule has 5 heterocycles. The molecule has 1 amide bonds. The number of imidazole rings is 1. The van der Waals surface area contributed by atoms with Crippen LogP contribution in [-0.4, -0.2) is 51.6 Å². The standard InChI is InChI=1S/C40H31Cl2N7O/c41-27-15-13-26(14-16-27)37-30-22-28(42)23-32-33(30)34(38-35(44-24-49(37)38)25-8-3-1-4-9-25)36(45-32)40(50)46-31-12-7-17-43-39(31)48-20-18-47(19-21-48)29-10-5-2-6-11-29/h1-17,22-24,37,45H,18-21H2,(H,46,50)/t37-/m1/s1. The number of carbonyl (C=O) groups excluding carboxylic acids is 1. The average Bonchev–Trinajstić information content (AvgIpc) is 3.76. The van der Waals surface area contributed by atoms with Gasteiger partial charge in [-0.3, -0.25) is 4.79 Å². The summed E-state index contributed by atoms with van der Waals surface area (Å²) in [4.78, 5) is 32.3. The molecule has 50 heavy (non-hydrogen) atoms. The maximum absolute atomic E-state index is 14.6. The first-order chi connectivity index (χ1) is 24.5. The molecule has 0 spiro atoms. The zero-order chi connectivity index (χ0) is 33.8. The first kappa shape index (κ1) is 30.5.